The minimum absolute atomic E-state index is 0.0525. The van der Waals surface area contributed by atoms with Gasteiger partial charge in [-0.2, -0.15) is 13.2 Å². The van der Waals surface area contributed by atoms with Gasteiger partial charge < -0.3 is 9.73 Å². The van der Waals surface area contributed by atoms with Crippen LogP contribution in [0, 0.1) is 10.1 Å². The second-order valence-corrected chi connectivity index (χ2v) is 7.11. The summed E-state index contributed by atoms with van der Waals surface area (Å²) in [5, 5.41) is 22.3. The molecule has 0 unspecified atom stereocenters. The maximum atomic E-state index is 12.7. The average Bonchev–Trinajstić information content (AvgIpc) is 3.23. The predicted molar refractivity (Wildman–Crippen MR) is 88.2 cm³/mol. The predicted octanol–water partition coefficient (Wildman–Crippen LogP) is 4.82. The van der Waals surface area contributed by atoms with Gasteiger partial charge in [0, 0.05) is 6.07 Å². The number of anilines is 1. The quantitative estimate of drug-likeness (QED) is 0.466. The number of alkyl halides is 3. The maximum Gasteiger partial charge on any atom is 0.416 e. The number of rotatable bonds is 6. The summed E-state index contributed by atoms with van der Waals surface area (Å²) in [6.45, 7) is 0.382. The molecule has 0 radical (unpaired) electrons. The van der Waals surface area contributed by atoms with Crippen molar-refractivity contribution >= 4 is 33.9 Å². The van der Waals surface area contributed by atoms with Gasteiger partial charge in [0.1, 0.15) is 5.76 Å². The zero-order valence-corrected chi connectivity index (χ0v) is 14.3. The Hall–Kier alpha value is -2.60. The summed E-state index contributed by atoms with van der Waals surface area (Å²) in [6.07, 6.45) is -3.12. The van der Waals surface area contributed by atoms with Crippen molar-refractivity contribution in [2.24, 2.45) is 0 Å². The molecule has 26 heavy (non-hydrogen) atoms. The lowest BCUT2D eigenvalue weighted by atomic mass is 10.2. The first-order chi connectivity index (χ1) is 12.3. The number of nitrogens with zero attached hydrogens (tertiary/aromatic N) is 3. The minimum atomic E-state index is -4.65. The highest BCUT2D eigenvalue weighted by molar-refractivity contribution is 8.01. The largest absolute Gasteiger partial charge is 0.467 e. The Kier molecular flexibility index (Phi) is 5.13. The lowest BCUT2D eigenvalue weighted by Crippen LogP contribution is -2.05. The Morgan fingerprint density at radius 2 is 2.12 bits per heavy atom. The summed E-state index contributed by atoms with van der Waals surface area (Å²) < 4.78 is 43.7. The number of nitro benzene ring substituents is 1. The highest BCUT2D eigenvalue weighted by atomic mass is 32.2. The van der Waals surface area contributed by atoms with E-state index in [9.17, 15) is 23.3 Å². The van der Waals surface area contributed by atoms with Gasteiger partial charge in [-0.15, -0.1) is 10.2 Å². The molecule has 0 bridgehead atoms. The lowest BCUT2D eigenvalue weighted by Gasteiger charge is -2.07. The number of benzene rings is 1. The van der Waals surface area contributed by atoms with Gasteiger partial charge in [0.25, 0.3) is 5.69 Å². The molecule has 0 aliphatic heterocycles. The van der Waals surface area contributed by atoms with E-state index in [-0.39, 0.29) is 4.90 Å². The molecule has 3 rings (SSSR count). The van der Waals surface area contributed by atoms with Gasteiger partial charge in [0.15, 0.2) is 4.34 Å². The number of nitrogens with one attached hydrogen (secondary N) is 1. The molecule has 0 atom stereocenters. The van der Waals surface area contributed by atoms with Gasteiger partial charge in [-0.05, 0) is 36.0 Å². The van der Waals surface area contributed by atoms with Crippen LogP contribution in [-0.2, 0) is 12.7 Å². The van der Waals surface area contributed by atoms with Gasteiger partial charge in [-0.3, -0.25) is 10.1 Å². The van der Waals surface area contributed by atoms with Gasteiger partial charge in [0.2, 0.25) is 5.13 Å². The van der Waals surface area contributed by atoms with Crippen molar-refractivity contribution in [2.75, 3.05) is 5.32 Å². The summed E-state index contributed by atoms with van der Waals surface area (Å²) in [6, 6.07) is 5.88. The molecule has 0 fully saturated rings. The Labute approximate surface area is 152 Å². The second-order valence-electron chi connectivity index (χ2n) is 4.85. The summed E-state index contributed by atoms with van der Waals surface area (Å²) in [5.41, 5.74) is -1.71. The summed E-state index contributed by atoms with van der Waals surface area (Å²) in [7, 11) is 0. The Morgan fingerprint density at radius 3 is 2.77 bits per heavy atom. The van der Waals surface area contributed by atoms with Crippen LogP contribution in [0.25, 0.3) is 0 Å². The van der Waals surface area contributed by atoms with E-state index >= 15 is 0 Å². The van der Waals surface area contributed by atoms with E-state index in [1.807, 2.05) is 0 Å². The molecule has 12 heteroatoms. The Morgan fingerprint density at radius 1 is 1.31 bits per heavy atom. The monoisotopic (exact) mass is 402 g/mol. The van der Waals surface area contributed by atoms with E-state index in [2.05, 4.69) is 15.5 Å². The van der Waals surface area contributed by atoms with Crippen LogP contribution < -0.4 is 5.32 Å². The highest BCUT2D eigenvalue weighted by Crippen LogP contribution is 2.40. The van der Waals surface area contributed by atoms with Crippen LogP contribution in [0.1, 0.15) is 11.3 Å². The summed E-state index contributed by atoms with van der Waals surface area (Å²) in [5.74, 6) is 0.688. The molecule has 7 nitrogen and oxygen atoms in total. The van der Waals surface area contributed by atoms with Crippen LogP contribution in [0.4, 0.5) is 24.0 Å². The highest BCUT2D eigenvalue weighted by Gasteiger charge is 2.33. The van der Waals surface area contributed by atoms with Crippen molar-refractivity contribution in [3.05, 3.63) is 58.0 Å². The number of halogens is 3. The molecule has 136 valence electrons. The first-order valence-electron chi connectivity index (χ1n) is 6.96. The van der Waals surface area contributed by atoms with Crippen LogP contribution in [0.15, 0.2) is 50.2 Å². The van der Waals surface area contributed by atoms with Crippen molar-refractivity contribution in [2.45, 2.75) is 22.0 Å². The SMILES string of the molecule is O=[N+]([O-])c1cc(C(F)(F)F)ccc1Sc1nnc(NCc2ccco2)s1. The van der Waals surface area contributed by atoms with Gasteiger partial charge in [-0.1, -0.05) is 11.3 Å². The van der Waals surface area contributed by atoms with Gasteiger partial charge >= 0.3 is 6.18 Å². The second kappa shape index (κ2) is 7.33. The van der Waals surface area contributed by atoms with Gasteiger partial charge in [0.05, 0.1) is 28.2 Å². The van der Waals surface area contributed by atoms with E-state index < -0.39 is 22.4 Å². The van der Waals surface area contributed by atoms with Crippen molar-refractivity contribution in [3.63, 3.8) is 0 Å². The third kappa shape index (κ3) is 4.32. The minimum Gasteiger partial charge on any atom is -0.467 e. The number of aromatic nitrogens is 2. The molecular weight excluding hydrogens is 393 g/mol. The van der Waals surface area contributed by atoms with Crippen molar-refractivity contribution in [3.8, 4) is 0 Å². The Balaban J connectivity index is 1.75. The van der Waals surface area contributed by atoms with Crippen LogP contribution in [-0.4, -0.2) is 15.1 Å². The molecule has 2 aromatic heterocycles. The average molecular weight is 402 g/mol. The third-order valence-corrected chi connectivity index (χ3v) is 5.08. The fourth-order valence-corrected chi connectivity index (χ4v) is 3.70. The first-order valence-corrected chi connectivity index (χ1v) is 8.59. The van der Waals surface area contributed by atoms with E-state index in [0.29, 0.717) is 27.8 Å². The molecule has 0 saturated carbocycles. The van der Waals surface area contributed by atoms with Gasteiger partial charge in [-0.25, -0.2) is 0 Å². The van der Waals surface area contributed by atoms with Crippen molar-refractivity contribution in [1.82, 2.24) is 10.2 Å². The topological polar surface area (TPSA) is 94.1 Å². The number of furan rings is 1. The van der Waals surface area contributed by atoms with Crippen LogP contribution in [0.3, 0.4) is 0 Å². The zero-order chi connectivity index (χ0) is 18.7. The van der Waals surface area contributed by atoms with E-state index in [1.54, 1.807) is 12.1 Å². The van der Waals surface area contributed by atoms with Crippen LogP contribution >= 0.6 is 23.1 Å². The summed E-state index contributed by atoms with van der Waals surface area (Å²) >= 11 is 2.00. The molecule has 0 amide bonds. The fraction of sp³-hybridized carbons (Fsp3) is 0.143. The molecule has 0 aliphatic carbocycles. The molecule has 0 spiro atoms. The smallest absolute Gasteiger partial charge is 0.416 e. The fourth-order valence-electron chi connectivity index (χ4n) is 1.92. The summed E-state index contributed by atoms with van der Waals surface area (Å²) in [4.78, 5) is 10.3. The lowest BCUT2D eigenvalue weighted by molar-refractivity contribution is -0.388. The molecule has 2 heterocycles. The first kappa shape index (κ1) is 18.2. The number of nitro groups is 1. The number of hydrogen-bond acceptors (Lipinski definition) is 8. The molecule has 1 aromatic carbocycles. The molecule has 1 N–H and O–H groups in total. The van der Waals surface area contributed by atoms with E-state index in [4.69, 9.17) is 4.42 Å². The number of hydrogen-bond donors (Lipinski definition) is 1. The zero-order valence-electron chi connectivity index (χ0n) is 12.7. The third-order valence-electron chi connectivity index (χ3n) is 3.08. The van der Waals surface area contributed by atoms with Crippen LogP contribution in [0.5, 0.6) is 0 Å². The molecule has 3 aromatic rings. The van der Waals surface area contributed by atoms with Crippen molar-refractivity contribution < 1.29 is 22.5 Å². The van der Waals surface area contributed by atoms with E-state index in [0.717, 1.165) is 35.2 Å². The van der Waals surface area contributed by atoms with Crippen molar-refractivity contribution in [1.29, 1.82) is 0 Å². The Bertz CT molecular complexity index is 913. The standard InChI is InChI=1S/C14H9F3N4O3S2/c15-14(16,17)8-3-4-11(10(6-8)21(22)23)25-13-20-19-12(26-13)18-7-9-2-1-5-24-9/h1-6H,7H2,(H,18,19). The molecular formula is C14H9F3N4O3S2. The maximum absolute atomic E-state index is 12.7. The molecule has 0 aliphatic rings. The normalized spacial score (nSPS) is 11.5. The molecule has 0 saturated heterocycles. The van der Waals surface area contributed by atoms with E-state index in [1.165, 1.54) is 6.26 Å². The van der Waals surface area contributed by atoms with Crippen LogP contribution in [0.2, 0.25) is 0 Å².